The Morgan fingerprint density at radius 2 is 1.75 bits per heavy atom. The van der Waals surface area contributed by atoms with Crippen LogP contribution in [0.4, 0.5) is 5.69 Å². The third kappa shape index (κ3) is 5.45. The fourth-order valence-electron chi connectivity index (χ4n) is 3.38. The number of aliphatic hydroxyl groups excluding tert-OH is 1. The number of rotatable bonds is 7. The van der Waals surface area contributed by atoms with E-state index < -0.39 is 15.6 Å². The molecule has 0 spiro atoms. The molecule has 0 aliphatic heterocycles. The Bertz CT molecular complexity index is 1200. The molecule has 0 bridgehead atoms. The summed E-state index contributed by atoms with van der Waals surface area (Å²) in [5.74, 6) is 0.00667. The highest BCUT2D eigenvalue weighted by Gasteiger charge is 2.25. The zero-order valence-electron chi connectivity index (χ0n) is 18.7. The molecule has 8 heteroatoms. The van der Waals surface area contributed by atoms with E-state index in [1.54, 1.807) is 45.9 Å². The van der Waals surface area contributed by atoms with Crippen LogP contribution in [0.5, 0.6) is 5.75 Å². The van der Waals surface area contributed by atoms with E-state index in [1.165, 1.54) is 6.20 Å². The minimum atomic E-state index is -3.82. The van der Waals surface area contributed by atoms with Crippen LogP contribution < -0.4 is 10.0 Å². The number of aromatic nitrogens is 1. The maximum absolute atomic E-state index is 13.2. The van der Waals surface area contributed by atoms with Crippen molar-refractivity contribution in [3.05, 3.63) is 71.5 Å². The lowest BCUT2D eigenvalue weighted by molar-refractivity contribution is 0.279. The van der Waals surface area contributed by atoms with Crippen molar-refractivity contribution in [2.75, 3.05) is 5.32 Å². The number of aryl methyl sites for hydroxylation is 1. The summed E-state index contributed by atoms with van der Waals surface area (Å²) in [5.41, 5.74) is 2.78. The SMILES string of the molecule is Cc1ncc(CO)c(CNc2ccc(-c3ccccc3)c(S(=O)(=O)NC(C)(C)C)c2)c1O. The van der Waals surface area contributed by atoms with Crippen LogP contribution in [0, 0.1) is 6.92 Å². The zero-order valence-corrected chi connectivity index (χ0v) is 19.5. The van der Waals surface area contributed by atoms with Crippen molar-refractivity contribution in [2.24, 2.45) is 0 Å². The lowest BCUT2D eigenvalue weighted by atomic mass is 10.0. The molecule has 0 unspecified atom stereocenters. The summed E-state index contributed by atoms with van der Waals surface area (Å²) in [5, 5.41) is 23.1. The average molecular weight is 456 g/mol. The Hall–Kier alpha value is -2.94. The molecule has 0 amide bonds. The van der Waals surface area contributed by atoms with Gasteiger partial charge in [0, 0.05) is 40.7 Å². The summed E-state index contributed by atoms with van der Waals surface area (Å²) < 4.78 is 29.2. The summed E-state index contributed by atoms with van der Waals surface area (Å²) in [7, 11) is -3.82. The van der Waals surface area contributed by atoms with Gasteiger partial charge in [-0.05, 0) is 45.4 Å². The Kier molecular flexibility index (Phi) is 6.88. The van der Waals surface area contributed by atoms with Crippen LogP contribution in [0.25, 0.3) is 11.1 Å². The van der Waals surface area contributed by atoms with Crippen LogP contribution in [-0.2, 0) is 23.2 Å². The van der Waals surface area contributed by atoms with Crippen LogP contribution in [0.3, 0.4) is 0 Å². The van der Waals surface area contributed by atoms with Crippen LogP contribution in [0.1, 0.15) is 37.6 Å². The Balaban J connectivity index is 2.02. The molecule has 7 nitrogen and oxygen atoms in total. The zero-order chi connectivity index (χ0) is 23.5. The van der Waals surface area contributed by atoms with Crippen LogP contribution in [-0.4, -0.2) is 29.2 Å². The van der Waals surface area contributed by atoms with Crippen molar-refractivity contribution < 1.29 is 18.6 Å². The number of hydrogen-bond donors (Lipinski definition) is 4. The maximum atomic E-state index is 13.2. The van der Waals surface area contributed by atoms with Gasteiger partial charge >= 0.3 is 0 Å². The van der Waals surface area contributed by atoms with Gasteiger partial charge in [-0.25, -0.2) is 13.1 Å². The highest BCUT2D eigenvalue weighted by atomic mass is 32.2. The molecule has 1 aromatic heterocycles. The molecule has 2 aromatic carbocycles. The van der Waals surface area contributed by atoms with Gasteiger partial charge < -0.3 is 15.5 Å². The number of aliphatic hydroxyl groups is 1. The first-order chi connectivity index (χ1) is 15.0. The first-order valence-electron chi connectivity index (χ1n) is 10.3. The number of nitrogens with zero attached hydrogens (tertiary/aromatic N) is 1. The van der Waals surface area contributed by atoms with Gasteiger partial charge in [0.2, 0.25) is 10.0 Å². The first-order valence-corrected chi connectivity index (χ1v) is 11.7. The van der Waals surface area contributed by atoms with E-state index in [1.807, 2.05) is 30.3 Å². The van der Waals surface area contributed by atoms with Gasteiger partial charge in [0.1, 0.15) is 5.75 Å². The monoisotopic (exact) mass is 455 g/mol. The largest absolute Gasteiger partial charge is 0.506 e. The molecule has 0 radical (unpaired) electrons. The van der Waals surface area contributed by atoms with Gasteiger partial charge in [-0.2, -0.15) is 0 Å². The molecule has 0 fully saturated rings. The van der Waals surface area contributed by atoms with Crippen molar-refractivity contribution in [1.29, 1.82) is 0 Å². The fourth-order valence-corrected chi connectivity index (χ4v) is 5.05. The molecule has 32 heavy (non-hydrogen) atoms. The summed E-state index contributed by atoms with van der Waals surface area (Å²) in [4.78, 5) is 4.22. The summed E-state index contributed by atoms with van der Waals surface area (Å²) >= 11 is 0. The van der Waals surface area contributed by atoms with Crippen LogP contribution in [0.15, 0.2) is 59.6 Å². The van der Waals surface area contributed by atoms with E-state index in [9.17, 15) is 18.6 Å². The number of hydrogen-bond acceptors (Lipinski definition) is 6. The first kappa shape index (κ1) is 23.7. The lowest BCUT2D eigenvalue weighted by Crippen LogP contribution is -2.40. The highest BCUT2D eigenvalue weighted by molar-refractivity contribution is 7.89. The lowest BCUT2D eigenvalue weighted by Gasteiger charge is -2.22. The molecule has 0 saturated carbocycles. The van der Waals surface area contributed by atoms with Gasteiger partial charge in [0.05, 0.1) is 17.2 Å². The summed E-state index contributed by atoms with van der Waals surface area (Å²) in [6, 6.07) is 14.5. The maximum Gasteiger partial charge on any atom is 0.241 e. The number of nitrogens with one attached hydrogen (secondary N) is 2. The Morgan fingerprint density at radius 3 is 2.38 bits per heavy atom. The van der Waals surface area contributed by atoms with Crippen molar-refractivity contribution in [3.63, 3.8) is 0 Å². The van der Waals surface area contributed by atoms with Gasteiger partial charge in [-0.15, -0.1) is 0 Å². The number of pyridine rings is 1. The van der Waals surface area contributed by atoms with Crippen molar-refractivity contribution in [2.45, 2.75) is 51.3 Å². The normalized spacial score (nSPS) is 12.0. The Morgan fingerprint density at radius 1 is 1.06 bits per heavy atom. The van der Waals surface area contributed by atoms with E-state index in [2.05, 4.69) is 15.0 Å². The molecule has 170 valence electrons. The van der Waals surface area contributed by atoms with Gasteiger partial charge in [-0.3, -0.25) is 4.98 Å². The quantitative estimate of drug-likeness (QED) is 0.429. The van der Waals surface area contributed by atoms with Gasteiger partial charge in [0.25, 0.3) is 0 Å². The van der Waals surface area contributed by atoms with E-state index in [-0.39, 0.29) is 23.8 Å². The molecule has 1 heterocycles. The molecular formula is C24H29N3O4S. The highest BCUT2D eigenvalue weighted by Crippen LogP contribution is 2.31. The molecule has 3 rings (SSSR count). The Labute approximate surface area is 189 Å². The number of sulfonamides is 1. The minimum Gasteiger partial charge on any atom is -0.506 e. The fraction of sp³-hybridized carbons (Fsp3) is 0.292. The third-order valence-electron chi connectivity index (χ3n) is 4.87. The molecular weight excluding hydrogens is 426 g/mol. The van der Waals surface area contributed by atoms with E-state index in [0.29, 0.717) is 28.1 Å². The molecule has 0 atom stereocenters. The standard InChI is InChI=1S/C24H29N3O4S/c1-16-23(29)21(18(15-28)13-25-16)14-26-19-10-11-20(17-8-6-5-7-9-17)22(12-19)32(30,31)27-24(2,3)4/h5-13,26-29H,14-15H2,1-4H3. The molecule has 4 N–H and O–H groups in total. The average Bonchev–Trinajstić information content (AvgIpc) is 2.73. The van der Waals surface area contributed by atoms with E-state index >= 15 is 0 Å². The van der Waals surface area contributed by atoms with Crippen molar-refractivity contribution in [3.8, 4) is 16.9 Å². The van der Waals surface area contributed by atoms with E-state index in [0.717, 1.165) is 5.56 Å². The molecule has 3 aromatic rings. The summed E-state index contributed by atoms with van der Waals surface area (Å²) in [6.07, 6.45) is 1.52. The summed E-state index contributed by atoms with van der Waals surface area (Å²) in [6.45, 7) is 6.98. The smallest absolute Gasteiger partial charge is 0.241 e. The number of benzene rings is 2. The number of anilines is 1. The minimum absolute atomic E-state index is 0.00667. The van der Waals surface area contributed by atoms with Crippen LogP contribution in [0.2, 0.25) is 0 Å². The number of aromatic hydroxyl groups is 1. The second-order valence-corrected chi connectivity index (χ2v) is 10.3. The second kappa shape index (κ2) is 9.28. The molecule has 0 aliphatic rings. The second-order valence-electron chi connectivity index (χ2n) is 8.64. The predicted molar refractivity (Wildman–Crippen MR) is 126 cm³/mol. The van der Waals surface area contributed by atoms with E-state index in [4.69, 9.17) is 0 Å². The van der Waals surface area contributed by atoms with Crippen molar-refractivity contribution in [1.82, 2.24) is 9.71 Å². The van der Waals surface area contributed by atoms with Crippen LogP contribution >= 0.6 is 0 Å². The molecule has 0 aliphatic carbocycles. The van der Waals surface area contributed by atoms with Gasteiger partial charge in [0.15, 0.2) is 0 Å². The topological polar surface area (TPSA) is 112 Å². The predicted octanol–water partition coefficient (Wildman–Crippen LogP) is 3.94. The van der Waals surface area contributed by atoms with Crippen molar-refractivity contribution >= 4 is 15.7 Å². The molecule has 0 saturated heterocycles. The third-order valence-corrected chi connectivity index (χ3v) is 6.66. The van der Waals surface area contributed by atoms with Gasteiger partial charge in [-0.1, -0.05) is 36.4 Å².